The Hall–Kier alpha value is -1.60. The quantitative estimate of drug-likeness (QED) is 0.321. The molecule has 0 spiro atoms. The van der Waals surface area contributed by atoms with E-state index in [1.807, 2.05) is 0 Å². The Labute approximate surface area is 145 Å². The first-order valence-electron chi connectivity index (χ1n) is 8.59. The minimum absolute atomic E-state index is 0.124. The molecule has 5 N–H and O–H groups in total. The second-order valence-electron chi connectivity index (χ2n) is 5.90. The summed E-state index contributed by atoms with van der Waals surface area (Å²) >= 11 is 0. The zero-order chi connectivity index (χ0) is 17.8. The van der Waals surface area contributed by atoms with Crippen LogP contribution in [0.4, 0.5) is 0 Å². The van der Waals surface area contributed by atoms with Crippen molar-refractivity contribution in [1.82, 2.24) is 5.32 Å². The maximum absolute atomic E-state index is 11.2. The van der Waals surface area contributed by atoms with Crippen LogP contribution in [0, 0.1) is 0 Å². The number of nitrogens with two attached hydrogens (primary N) is 2. The summed E-state index contributed by atoms with van der Waals surface area (Å²) in [4.78, 5) is 4.43. The van der Waals surface area contributed by atoms with Gasteiger partial charge < -0.3 is 11.1 Å². The van der Waals surface area contributed by atoms with Gasteiger partial charge in [0, 0.05) is 13.1 Å². The Bertz CT molecular complexity index is 598. The van der Waals surface area contributed by atoms with Crippen molar-refractivity contribution >= 4 is 16.0 Å². The summed E-state index contributed by atoms with van der Waals surface area (Å²) in [6.45, 7) is 3.62. The molecule has 24 heavy (non-hydrogen) atoms. The van der Waals surface area contributed by atoms with Crippen LogP contribution in [0.25, 0.3) is 0 Å². The highest BCUT2D eigenvalue weighted by atomic mass is 32.2. The smallest absolute Gasteiger partial charge is 0.238 e. The van der Waals surface area contributed by atoms with E-state index in [1.54, 1.807) is 12.1 Å². The number of aliphatic imine (C=N–C) groups is 1. The van der Waals surface area contributed by atoms with Crippen LogP contribution in [0.3, 0.4) is 0 Å². The molecule has 0 aromatic heterocycles. The Morgan fingerprint density at radius 2 is 1.71 bits per heavy atom. The normalized spacial score (nSPS) is 12.3. The maximum Gasteiger partial charge on any atom is 0.238 e. The summed E-state index contributed by atoms with van der Waals surface area (Å²) in [5, 5.41) is 8.14. The molecule has 0 saturated carbocycles. The van der Waals surface area contributed by atoms with E-state index in [2.05, 4.69) is 17.2 Å². The molecular weight excluding hydrogens is 324 g/mol. The molecule has 0 heterocycles. The lowest BCUT2D eigenvalue weighted by Crippen LogP contribution is -2.33. The number of sulfonamides is 1. The van der Waals surface area contributed by atoms with E-state index in [-0.39, 0.29) is 4.90 Å². The van der Waals surface area contributed by atoms with Crippen LogP contribution in [0.1, 0.15) is 51.0 Å². The predicted molar refractivity (Wildman–Crippen MR) is 99.4 cm³/mol. The average molecular weight is 355 g/mol. The minimum Gasteiger partial charge on any atom is -0.370 e. The highest BCUT2D eigenvalue weighted by Gasteiger charge is 2.06. The molecule has 6 nitrogen and oxygen atoms in total. The van der Waals surface area contributed by atoms with Crippen LogP contribution in [-0.4, -0.2) is 27.5 Å². The fourth-order valence-electron chi connectivity index (χ4n) is 2.33. The molecular formula is C17H30N4O2S. The van der Waals surface area contributed by atoms with E-state index in [0.717, 1.165) is 24.9 Å². The molecule has 1 rings (SSSR count). The van der Waals surface area contributed by atoms with Crippen LogP contribution in [-0.2, 0) is 16.4 Å². The number of rotatable bonds is 11. The Morgan fingerprint density at radius 1 is 1.08 bits per heavy atom. The van der Waals surface area contributed by atoms with E-state index in [0.29, 0.717) is 12.5 Å². The predicted octanol–water partition coefficient (Wildman–Crippen LogP) is 2.14. The van der Waals surface area contributed by atoms with E-state index in [9.17, 15) is 8.42 Å². The van der Waals surface area contributed by atoms with Crippen molar-refractivity contribution in [2.75, 3.05) is 13.1 Å². The second-order valence-corrected chi connectivity index (χ2v) is 7.46. The van der Waals surface area contributed by atoms with Crippen LogP contribution in [0.15, 0.2) is 34.2 Å². The first-order chi connectivity index (χ1) is 11.4. The Balaban J connectivity index is 2.20. The lowest BCUT2D eigenvalue weighted by atomic mass is 10.1. The minimum atomic E-state index is -3.63. The van der Waals surface area contributed by atoms with Gasteiger partial charge in [-0.15, -0.1) is 0 Å². The summed E-state index contributed by atoms with van der Waals surface area (Å²) in [5.41, 5.74) is 6.84. The summed E-state index contributed by atoms with van der Waals surface area (Å²) in [7, 11) is -3.63. The van der Waals surface area contributed by atoms with Gasteiger partial charge in [0.05, 0.1) is 4.90 Å². The van der Waals surface area contributed by atoms with E-state index in [4.69, 9.17) is 10.9 Å². The van der Waals surface area contributed by atoms with Crippen molar-refractivity contribution < 1.29 is 8.42 Å². The van der Waals surface area contributed by atoms with Gasteiger partial charge in [0.15, 0.2) is 5.96 Å². The Kier molecular flexibility index (Phi) is 9.41. The number of nitrogens with zero attached hydrogens (tertiary/aromatic N) is 1. The third kappa shape index (κ3) is 8.88. The molecule has 1 aromatic rings. The zero-order valence-electron chi connectivity index (χ0n) is 14.5. The average Bonchev–Trinajstić information content (AvgIpc) is 2.54. The zero-order valence-corrected chi connectivity index (χ0v) is 15.3. The van der Waals surface area contributed by atoms with Gasteiger partial charge in [-0.05, 0) is 30.5 Å². The highest BCUT2D eigenvalue weighted by molar-refractivity contribution is 7.89. The molecule has 0 amide bonds. The van der Waals surface area contributed by atoms with Gasteiger partial charge in [0.2, 0.25) is 10.0 Å². The molecule has 0 fully saturated rings. The number of primary sulfonamides is 1. The third-order valence-corrected chi connectivity index (χ3v) is 4.69. The summed E-state index contributed by atoms with van der Waals surface area (Å²) < 4.78 is 22.4. The summed E-state index contributed by atoms with van der Waals surface area (Å²) in [6, 6.07) is 6.54. The Morgan fingerprint density at radius 3 is 2.33 bits per heavy atom. The van der Waals surface area contributed by atoms with Crippen LogP contribution < -0.4 is 16.2 Å². The van der Waals surface area contributed by atoms with Gasteiger partial charge >= 0.3 is 0 Å². The number of hydrogen-bond acceptors (Lipinski definition) is 3. The first-order valence-corrected chi connectivity index (χ1v) is 10.1. The summed E-state index contributed by atoms with van der Waals surface area (Å²) in [6.07, 6.45) is 8.15. The maximum atomic E-state index is 11.2. The van der Waals surface area contributed by atoms with Crippen molar-refractivity contribution in [3.05, 3.63) is 29.8 Å². The molecule has 0 bridgehead atoms. The fourth-order valence-corrected chi connectivity index (χ4v) is 2.84. The molecule has 7 heteroatoms. The van der Waals surface area contributed by atoms with E-state index >= 15 is 0 Å². The van der Waals surface area contributed by atoms with Crippen molar-refractivity contribution in [3.63, 3.8) is 0 Å². The third-order valence-electron chi connectivity index (χ3n) is 3.77. The molecule has 0 radical (unpaired) electrons. The topological polar surface area (TPSA) is 111 Å². The standard InChI is InChI=1S/C17H30N4O2S/c1-2-3-4-5-6-7-13-20-17(18)21-14-12-15-8-10-16(11-9-15)24(19,22)23/h8-11H,2-7,12-14H2,1H3,(H3,18,20,21)(H2,19,22,23). The van der Waals surface area contributed by atoms with Gasteiger partial charge in [-0.3, -0.25) is 4.99 Å². The number of benzene rings is 1. The van der Waals surface area contributed by atoms with Gasteiger partial charge in [0.25, 0.3) is 0 Å². The van der Waals surface area contributed by atoms with Gasteiger partial charge in [-0.1, -0.05) is 51.2 Å². The van der Waals surface area contributed by atoms with Crippen molar-refractivity contribution in [2.45, 2.75) is 56.8 Å². The van der Waals surface area contributed by atoms with E-state index < -0.39 is 10.0 Å². The van der Waals surface area contributed by atoms with Crippen molar-refractivity contribution in [1.29, 1.82) is 0 Å². The van der Waals surface area contributed by atoms with Crippen LogP contribution in [0.2, 0.25) is 0 Å². The molecule has 0 aliphatic rings. The number of nitrogens with one attached hydrogen (secondary N) is 1. The largest absolute Gasteiger partial charge is 0.370 e. The van der Waals surface area contributed by atoms with Gasteiger partial charge in [-0.2, -0.15) is 0 Å². The molecule has 0 aliphatic carbocycles. The monoisotopic (exact) mass is 354 g/mol. The molecule has 1 aromatic carbocycles. The van der Waals surface area contributed by atoms with E-state index in [1.165, 1.54) is 44.2 Å². The number of unbranched alkanes of at least 4 members (excludes halogenated alkanes) is 5. The fraction of sp³-hybridized carbons (Fsp3) is 0.588. The number of hydrogen-bond donors (Lipinski definition) is 3. The van der Waals surface area contributed by atoms with Crippen molar-refractivity contribution in [2.24, 2.45) is 15.9 Å². The highest BCUT2D eigenvalue weighted by Crippen LogP contribution is 2.09. The lowest BCUT2D eigenvalue weighted by Gasteiger charge is -2.06. The molecule has 0 atom stereocenters. The molecule has 0 unspecified atom stereocenters. The van der Waals surface area contributed by atoms with Crippen LogP contribution >= 0.6 is 0 Å². The summed E-state index contributed by atoms with van der Waals surface area (Å²) in [5.74, 6) is 0.463. The number of guanidine groups is 1. The van der Waals surface area contributed by atoms with Crippen molar-refractivity contribution in [3.8, 4) is 0 Å². The molecule has 136 valence electrons. The van der Waals surface area contributed by atoms with Gasteiger partial charge in [0.1, 0.15) is 0 Å². The first kappa shape index (κ1) is 20.4. The molecule has 0 aliphatic heterocycles. The second kappa shape index (κ2) is 11.0. The molecule has 0 saturated heterocycles. The SMILES string of the molecule is CCCCCCCCN=C(N)NCCc1ccc(S(N)(=O)=O)cc1. The van der Waals surface area contributed by atoms with Crippen LogP contribution in [0.5, 0.6) is 0 Å². The van der Waals surface area contributed by atoms with Gasteiger partial charge in [-0.25, -0.2) is 13.6 Å². The lowest BCUT2D eigenvalue weighted by molar-refractivity contribution is 0.598.